The van der Waals surface area contributed by atoms with Crippen molar-refractivity contribution in [3.63, 3.8) is 0 Å². The smallest absolute Gasteiger partial charge is 0.211 e. The molecule has 1 saturated carbocycles. The molecule has 3 unspecified atom stereocenters. The highest BCUT2D eigenvalue weighted by atomic mass is 127. The second-order valence-corrected chi connectivity index (χ2v) is 7.01. The molecule has 0 aliphatic heterocycles. The summed E-state index contributed by atoms with van der Waals surface area (Å²) in [5.74, 6) is 0. The topological polar surface area (TPSA) is 58.9 Å². The molecule has 5 heteroatoms. The first kappa shape index (κ1) is 14.6. The Morgan fingerprint density at radius 1 is 1.24 bits per heavy atom. The van der Waals surface area contributed by atoms with Crippen molar-refractivity contribution in [1.82, 2.24) is 0 Å². The first-order valence-electron chi connectivity index (χ1n) is 5.61. The lowest BCUT2D eigenvalue weighted by molar-refractivity contribution is 0.0871. The van der Waals surface area contributed by atoms with Crippen molar-refractivity contribution in [2.75, 3.05) is 0 Å². The van der Waals surface area contributed by atoms with Crippen LogP contribution in [0.15, 0.2) is 9.98 Å². The Hall–Kier alpha value is -0.510. The van der Waals surface area contributed by atoms with Crippen LogP contribution in [-0.2, 0) is 9.59 Å². The van der Waals surface area contributed by atoms with Gasteiger partial charge in [0.2, 0.25) is 12.2 Å². The van der Waals surface area contributed by atoms with E-state index in [1.54, 1.807) is 12.2 Å². The molecule has 0 amide bonds. The maximum atomic E-state index is 10.4. The minimum absolute atomic E-state index is 0.0135. The summed E-state index contributed by atoms with van der Waals surface area (Å²) in [6.45, 7) is 6.41. The molecule has 0 radical (unpaired) electrons. The van der Waals surface area contributed by atoms with Crippen LogP contribution in [0.3, 0.4) is 0 Å². The summed E-state index contributed by atoms with van der Waals surface area (Å²) >= 11 is 2.16. The molecule has 0 spiro atoms. The van der Waals surface area contributed by atoms with E-state index in [1.807, 2.05) is 0 Å². The number of rotatable bonds is 3. The molecule has 1 aliphatic rings. The van der Waals surface area contributed by atoms with Crippen molar-refractivity contribution in [3.05, 3.63) is 0 Å². The van der Waals surface area contributed by atoms with Crippen LogP contribution >= 0.6 is 22.6 Å². The molecule has 94 valence electrons. The van der Waals surface area contributed by atoms with Gasteiger partial charge in [0.15, 0.2) is 0 Å². The van der Waals surface area contributed by atoms with Crippen molar-refractivity contribution in [3.8, 4) is 0 Å². The van der Waals surface area contributed by atoms with Gasteiger partial charge in [-0.05, 0) is 24.7 Å². The SMILES string of the molecule is CC1(C)CC(N=C=O)CC(C)(C(I)N=C=O)C1. The molecule has 4 nitrogen and oxygen atoms in total. The van der Waals surface area contributed by atoms with Crippen LogP contribution in [0.1, 0.15) is 40.0 Å². The molecule has 0 bridgehead atoms. The second kappa shape index (κ2) is 5.42. The summed E-state index contributed by atoms with van der Waals surface area (Å²) in [6, 6.07) is -0.0135. The maximum Gasteiger partial charge on any atom is 0.236 e. The van der Waals surface area contributed by atoms with E-state index in [0.717, 1.165) is 19.3 Å². The Balaban J connectivity index is 2.99. The summed E-state index contributed by atoms with van der Waals surface area (Å²) in [4.78, 5) is 28.5. The number of halogens is 1. The molecule has 0 heterocycles. The highest BCUT2D eigenvalue weighted by Crippen LogP contribution is 2.50. The summed E-state index contributed by atoms with van der Waals surface area (Å²) in [6.07, 6.45) is 5.88. The number of aliphatic imine (C=N–C) groups is 2. The van der Waals surface area contributed by atoms with E-state index in [9.17, 15) is 9.59 Å². The molecule has 0 aromatic rings. The van der Waals surface area contributed by atoms with Crippen LogP contribution in [0.5, 0.6) is 0 Å². The van der Waals surface area contributed by atoms with E-state index < -0.39 is 0 Å². The van der Waals surface area contributed by atoms with Gasteiger partial charge in [0, 0.05) is 5.41 Å². The number of alkyl halides is 1. The molecule has 0 aromatic carbocycles. The van der Waals surface area contributed by atoms with Gasteiger partial charge in [0.1, 0.15) is 4.05 Å². The highest BCUT2D eigenvalue weighted by molar-refractivity contribution is 14.1. The Bertz CT molecular complexity index is 384. The van der Waals surface area contributed by atoms with Crippen LogP contribution in [0.4, 0.5) is 0 Å². The lowest BCUT2D eigenvalue weighted by Crippen LogP contribution is -2.42. The lowest BCUT2D eigenvalue weighted by atomic mass is 9.63. The van der Waals surface area contributed by atoms with Gasteiger partial charge in [-0.3, -0.25) is 0 Å². The second-order valence-electron chi connectivity index (χ2n) is 5.83. The molecule has 1 aliphatic carbocycles. The van der Waals surface area contributed by atoms with E-state index in [0.29, 0.717) is 0 Å². The third kappa shape index (κ3) is 3.73. The average Bonchev–Trinajstić information content (AvgIpc) is 2.15. The molecular weight excluding hydrogens is 331 g/mol. The summed E-state index contributed by atoms with van der Waals surface area (Å²) in [5, 5.41) is 0. The quantitative estimate of drug-likeness (QED) is 0.259. The normalized spacial score (nSPS) is 33.1. The molecule has 1 rings (SSSR count). The van der Waals surface area contributed by atoms with Gasteiger partial charge in [0.05, 0.1) is 6.04 Å². The van der Waals surface area contributed by atoms with Gasteiger partial charge in [-0.1, -0.05) is 43.4 Å². The Kier molecular flexibility index (Phi) is 4.64. The van der Waals surface area contributed by atoms with E-state index in [2.05, 4.69) is 53.3 Å². The Morgan fingerprint density at radius 3 is 2.41 bits per heavy atom. The first-order valence-corrected chi connectivity index (χ1v) is 6.86. The first-order chi connectivity index (χ1) is 7.83. The van der Waals surface area contributed by atoms with Crippen LogP contribution < -0.4 is 0 Å². The van der Waals surface area contributed by atoms with Gasteiger partial charge < -0.3 is 0 Å². The number of nitrogens with zero attached hydrogens (tertiary/aromatic N) is 2. The zero-order valence-corrected chi connectivity index (χ0v) is 12.5. The van der Waals surface area contributed by atoms with Crippen molar-refractivity contribution in [2.45, 2.75) is 50.1 Å². The van der Waals surface area contributed by atoms with Crippen molar-refractivity contribution >= 4 is 34.8 Å². The minimum atomic E-state index is -0.124. The zero-order chi connectivity index (χ0) is 13.1. The van der Waals surface area contributed by atoms with Crippen molar-refractivity contribution < 1.29 is 9.59 Å². The lowest BCUT2D eigenvalue weighted by Gasteiger charge is -2.46. The molecular formula is C12H17IN2O2. The summed E-state index contributed by atoms with van der Waals surface area (Å²) < 4.78 is -0.124. The minimum Gasteiger partial charge on any atom is -0.211 e. The molecule has 0 aromatic heterocycles. The van der Waals surface area contributed by atoms with Gasteiger partial charge in [-0.15, -0.1) is 0 Å². The number of isocyanates is 2. The van der Waals surface area contributed by atoms with Crippen LogP contribution in [0, 0.1) is 10.8 Å². The maximum absolute atomic E-state index is 10.4. The third-order valence-electron chi connectivity index (χ3n) is 3.35. The largest absolute Gasteiger partial charge is 0.236 e. The van der Waals surface area contributed by atoms with Crippen molar-refractivity contribution in [2.24, 2.45) is 20.8 Å². The van der Waals surface area contributed by atoms with Gasteiger partial charge in [-0.2, -0.15) is 4.99 Å². The molecule has 0 saturated heterocycles. The van der Waals surface area contributed by atoms with Crippen LogP contribution in [0.2, 0.25) is 0 Å². The predicted molar refractivity (Wildman–Crippen MR) is 73.6 cm³/mol. The summed E-state index contributed by atoms with van der Waals surface area (Å²) in [7, 11) is 0. The van der Waals surface area contributed by atoms with Crippen LogP contribution in [0.25, 0.3) is 0 Å². The highest BCUT2D eigenvalue weighted by Gasteiger charge is 2.45. The Labute approximate surface area is 115 Å². The monoisotopic (exact) mass is 348 g/mol. The molecule has 1 fully saturated rings. The fourth-order valence-electron chi connectivity index (χ4n) is 3.04. The van der Waals surface area contributed by atoms with E-state index in [-0.39, 0.29) is 20.9 Å². The molecule has 17 heavy (non-hydrogen) atoms. The summed E-state index contributed by atoms with van der Waals surface area (Å²) in [5.41, 5.74) is -0.0232. The van der Waals surface area contributed by atoms with E-state index in [4.69, 9.17) is 0 Å². The number of hydrogen-bond donors (Lipinski definition) is 0. The van der Waals surface area contributed by atoms with Crippen LogP contribution in [-0.4, -0.2) is 22.3 Å². The number of hydrogen-bond acceptors (Lipinski definition) is 4. The van der Waals surface area contributed by atoms with Gasteiger partial charge in [0.25, 0.3) is 0 Å². The third-order valence-corrected chi connectivity index (χ3v) is 5.13. The van der Waals surface area contributed by atoms with Gasteiger partial charge in [-0.25, -0.2) is 14.6 Å². The average molecular weight is 348 g/mol. The fourth-order valence-corrected chi connectivity index (χ4v) is 3.62. The predicted octanol–water partition coefficient (Wildman–Crippen LogP) is 3.00. The van der Waals surface area contributed by atoms with Gasteiger partial charge >= 0.3 is 0 Å². The fraction of sp³-hybridized carbons (Fsp3) is 0.833. The zero-order valence-electron chi connectivity index (χ0n) is 10.4. The molecule has 3 atom stereocenters. The molecule has 0 N–H and O–H groups in total. The number of carbonyl (C=O) groups excluding carboxylic acids is 2. The standard InChI is InChI=1S/C12H17IN2O2/c1-11(2)4-9(14-7-16)5-12(3,6-11)10(13)15-8-17/h9-10H,4-6H2,1-3H3. The van der Waals surface area contributed by atoms with Crippen molar-refractivity contribution in [1.29, 1.82) is 0 Å². The Morgan fingerprint density at radius 2 is 1.88 bits per heavy atom. The van der Waals surface area contributed by atoms with E-state index >= 15 is 0 Å². The van der Waals surface area contributed by atoms with E-state index in [1.165, 1.54) is 0 Å².